The summed E-state index contributed by atoms with van der Waals surface area (Å²) in [5, 5.41) is 4.45. The maximum absolute atomic E-state index is 6.64. The lowest BCUT2D eigenvalue weighted by molar-refractivity contribution is 0.660. The van der Waals surface area contributed by atoms with Crippen LogP contribution < -0.4 is 4.90 Å². The molecular formula is C64H41NO2. The third kappa shape index (κ3) is 4.80. The van der Waals surface area contributed by atoms with Crippen LogP contribution in [0.1, 0.15) is 47.2 Å². The summed E-state index contributed by atoms with van der Waals surface area (Å²) in [5.41, 5.74) is 23.7. The minimum Gasteiger partial charge on any atom is -0.456 e. The van der Waals surface area contributed by atoms with E-state index in [1.165, 1.54) is 77.9 Å². The average Bonchev–Trinajstić information content (AvgIpc) is 4.06. The summed E-state index contributed by atoms with van der Waals surface area (Å²) in [4.78, 5) is 2.48. The first-order valence-electron chi connectivity index (χ1n) is 23.3. The Morgan fingerprint density at radius 3 is 1.36 bits per heavy atom. The van der Waals surface area contributed by atoms with Gasteiger partial charge in [0.15, 0.2) is 0 Å². The van der Waals surface area contributed by atoms with Gasteiger partial charge < -0.3 is 13.7 Å². The van der Waals surface area contributed by atoms with Gasteiger partial charge in [-0.15, -0.1) is 0 Å². The Kier molecular flexibility index (Phi) is 7.22. The van der Waals surface area contributed by atoms with Crippen LogP contribution in [0.5, 0.6) is 0 Å². The SMILES string of the molecule is CC1(C)c2ccccc2-c2ccc(N(c3ccc4c(c3)C3(c5ccccc5-c5ccccc5-4)c4ccccc4-c4cc5oc6ccccc6c5cc43)c3ccc4oc5ccccc5c4c3)cc21. The standard InChI is InChI=1S/C64H41NO2/c1-63(2)53-22-10-5-18-44(53)47-31-28-39(34-56(47)63)65(38-29-32-61-51(33-38)48-20-8-13-25-59(48)66-61)40-27-30-46-42-16-4-3-15-41(42)43-17-6-11-23-54(43)64(57(46)35-40)55-24-12-7-19-45(55)50-37-62-52(36-58(50)64)49-21-9-14-26-60(49)67-62/h3-37H,1-2H3. The molecule has 0 saturated heterocycles. The normalized spacial score (nSPS) is 15.8. The van der Waals surface area contributed by atoms with Gasteiger partial charge in [0.05, 0.1) is 5.41 Å². The van der Waals surface area contributed by atoms with Crippen LogP contribution in [0.15, 0.2) is 221 Å². The summed E-state index contributed by atoms with van der Waals surface area (Å²) in [6.45, 7) is 4.73. The van der Waals surface area contributed by atoms with Gasteiger partial charge in [-0.3, -0.25) is 0 Å². The van der Waals surface area contributed by atoms with Gasteiger partial charge in [-0.05, 0) is 145 Å². The molecule has 3 aliphatic rings. The molecule has 0 amide bonds. The van der Waals surface area contributed by atoms with Crippen LogP contribution in [0, 0.1) is 0 Å². The lowest BCUT2D eigenvalue weighted by Gasteiger charge is -2.36. The second-order valence-electron chi connectivity index (χ2n) is 19.1. The van der Waals surface area contributed by atoms with Crippen LogP contribution in [-0.4, -0.2) is 0 Å². The fraction of sp³-hybridized carbons (Fsp3) is 0.0625. The lowest BCUT2D eigenvalue weighted by Crippen LogP contribution is -2.29. The summed E-state index contributed by atoms with van der Waals surface area (Å²) in [6.07, 6.45) is 0. The van der Waals surface area contributed by atoms with Crippen molar-refractivity contribution in [1.29, 1.82) is 0 Å². The van der Waals surface area contributed by atoms with E-state index in [0.717, 1.165) is 60.9 Å². The summed E-state index contributed by atoms with van der Waals surface area (Å²) >= 11 is 0. The van der Waals surface area contributed by atoms with Crippen molar-refractivity contribution in [3.8, 4) is 44.5 Å². The van der Waals surface area contributed by atoms with Crippen molar-refractivity contribution in [3.05, 3.63) is 246 Å². The molecule has 2 aromatic heterocycles. The molecule has 2 heterocycles. The molecular weight excluding hydrogens is 815 g/mol. The average molecular weight is 856 g/mol. The van der Waals surface area contributed by atoms with Gasteiger partial charge in [0.2, 0.25) is 0 Å². The van der Waals surface area contributed by atoms with Crippen LogP contribution in [0.4, 0.5) is 17.1 Å². The Hall–Kier alpha value is -8.40. The summed E-state index contributed by atoms with van der Waals surface area (Å²) in [5.74, 6) is 0. The van der Waals surface area contributed by atoms with E-state index in [-0.39, 0.29) is 5.41 Å². The van der Waals surface area contributed by atoms with Crippen molar-refractivity contribution < 1.29 is 8.83 Å². The van der Waals surface area contributed by atoms with Gasteiger partial charge in [-0.25, -0.2) is 0 Å². The predicted molar refractivity (Wildman–Crippen MR) is 275 cm³/mol. The molecule has 12 aromatic rings. The van der Waals surface area contributed by atoms with Gasteiger partial charge >= 0.3 is 0 Å². The molecule has 3 nitrogen and oxygen atoms in total. The molecule has 1 spiro atoms. The first kappa shape index (κ1) is 36.9. The second-order valence-corrected chi connectivity index (χ2v) is 19.1. The third-order valence-corrected chi connectivity index (χ3v) is 15.5. The maximum atomic E-state index is 6.64. The van der Waals surface area contributed by atoms with Crippen molar-refractivity contribution in [2.45, 2.75) is 24.7 Å². The van der Waals surface area contributed by atoms with Crippen molar-refractivity contribution >= 4 is 60.9 Å². The molecule has 15 rings (SSSR count). The molecule has 0 bridgehead atoms. The fourth-order valence-electron chi connectivity index (χ4n) is 12.6. The molecule has 10 aromatic carbocycles. The van der Waals surface area contributed by atoms with Gasteiger partial charge in [0, 0.05) is 44.0 Å². The second kappa shape index (κ2) is 13.1. The molecule has 1 unspecified atom stereocenters. The highest BCUT2D eigenvalue weighted by atomic mass is 16.3. The Labute approximate surface area is 387 Å². The van der Waals surface area contributed by atoms with Crippen molar-refractivity contribution in [2.75, 3.05) is 4.90 Å². The van der Waals surface area contributed by atoms with Gasteiger partial charge in [0.25, 0.3) is 0 Å². The molecule has 1 atom stereocenters. The number of nitrogens with zero attached hydrogens (tertiary/aromatic N) is 1. The highest BCUT2D eigenvalue weighted by molar-refractivity contribution is 6.10. The largest absolute Gasteiger partial charge is 0.456 e. The highest BCUT2D eigenvalue weighted by Gasteiger charge is 2.50. The molecule has 0 aliphatic heterocycles. The molecule has 314 valence electrons. The monoisotopic (exact) mass is 855 g/mol. The summed E-state index contributed by atoms with van der Waals surface area (Å²) in [7, 11) is 0. The molecule has 0 saturated carbocycles. The molecule has 3 heteroatoms. The number of fused-ring (bicyclic) bond motifs is 21. The number of hydrogen-bond acceptors (Lipinski definition) is 3. The van der Waals surface area contributed by atoms with Gasteiger partial charge in [-0.2, -0.15) is 0 Å². The van der Waals surface area contributed by atoms with Crippen LogP contribution in [0.2, 0.25) is 0 Å². The first-order valence-corrected chi connectivity index (χ1v) is 23.3. The zero-order chi connectivity index (χ0) is 44.2. The summed E-state index contributed by atoms with van der Waals surface area (Å²) in [6, 6.07) is 78.8. The number of rotatable bonds is 3. The van der Waals surface area contributed by atoms with E-state index in [4.69, 9.17) is 8.83 Å². The topological polar surface area (TPSA) is 29.5 Å². The predicted octanol–water partition coefficient (Wildman–Crippen LogP) is 17.3. The third-order valence-electron chi connectivity index (χ3n) is 15.5. The highest BCUT2D eigenvalue weighted by Crippen LogP contribution is 2.63. The van der Waals surface area contributed by atoms with E-state index >= 15 is 0 Å². The van der Waals surface area contributed by atoms with Crippen LogP contribution in [-0.2, 0) is 10.8 Å². The van der Waals surface area contributed by atoms with Crippen LogP contribution >= 0.6 is 0 Å². The first-order chi connectivity index (χ1) is 33.0. The van der Waals surface area contributed by atoms with Gasteiger partial charge in [0.1, 0.15) is 22.3 Å². The van der Waals surface area contributed by atoms with E-state index < -0.39 is 5.41 Å². The zero-order valence-electron chi connectivity index (χ0n) is 37.0. The fourth-order valence-corrected chi connectivity index (χ4v) is 12.6. The van der Waals surface area contributed by atoms with Crippen molar-refractivity contribution in [2.24, 2.45) is 0 Å². The molecule has 0 N–H and O–H groups in total. The lowest BCUT2D eigenvalue weighted by atomic mass is 9.65. The van der Waals surface area contributed by atoms with E-state index in [2.05, 4.69) is 225 Å². The van der Waals surface area contributed by atoms with E-state index in [9.17, 15) is 0 Å². The molecule has 3 aliphatic carbocycles. The van der Waals surface area contributed by atoms with Crippen molar-refractivity contribution in [1.82, 2.24) is 0 Å². The number of para-hydroxylation sites is 2. The number of anilines is 3. The zero-order valence-corrected chi connectivity index (χ0v) is 37.0. The van der Waals surface area contributed by atoms with Gasteiger partial charge in [-0.1, -0.05) is 159 Å². The Morgan fingerprint density at radius 2 is 0.701 bits per heavy atom. The number of hydrogen-bond donors (Lipinski definition) is 0. The van der Waals surface area contributed by atoms with Crippen LogP contribution in [0.25, 0.3) is 88.4 Å². The smallest absolute Gasteiger partial charge is 0.136 e. The quantitative estimate of drug-likeness (QED) is 0.177. The van der Waals surface area contributed by atoms with E-state index in [1.807, 2.05) is 6.07 Å². The van der Waals surface area contributed by atoms with E-state index in [0.29, 0.717) is 0 Å². The number of benzene rings is 10. The van der Waals surface area contributed by atoms with Crippen LogP contribution in [0.3, 0.4) is 0 Å². The Bertz CT molecular complexity index is 4110. The number of furan rings is 2. The van der Waals surface area contributed by atoms with Crippen molar-refractivity contribution in [3.63, 3.8) is 0 Å². The molecule has 67 heavy (non-hydrogen) atoms. The van der Waals surface area contributed by atoms with E-state index in [1.54, 1.807) is 0 Å². The minimum absolute atomic E-state index is 0.177. The minimum atomic E-state index is -0.697. The molecule has 0 fully saturated rings. The maximum Gasteiger partial charge on any atom is 0.136 e. The Morgan fingerprint density at radius 1 is 0.284 bits per heavy atom. The molecule has 0 radical (unpaired) electrons. The Balaban J connectivity index is 1.06. The summed E-state index contributed by atoms with van der Waals surface area (Å²) < 4.78 is 13.1.